The lowest BCUT2D eigenvalue weighted by atomic mass is 9.82. The normalized spacial score (nSPS) is 17.9. The number of nitrogens with two attached hydrogens (primary N) is 1. The van der Waals surface area contributed by atoms with Crippen LogP contribution in [0.3, 0.4) is 0 Å². The summed E-state index contributed by atoms with van der Waals surface area (Å²) in [6.07, 6.45) is 5.26. The summed E-state index contributed by atoms with van der Waals surface area (Å²) >= 11 is 0. The molecule has 1 saturated heterocycles. The Morgan fingerprint density at radius 1 is 1.40 bits per heavy atom. The van der Waals surface area contributed by atoms with Gasteiger partial charge >= 0.3 is 0 Å². The summed E-state index contributed by atoms with van der Waals surface area (Å²) in [5, 5.41) is 0. The van der Waals surface area contributed by atoms with E-state index >= 15 is 0 Å². The Morgan fingerprint density at radius 2 is 2.05 bits per heavy atom. The molecule has 0 radical (unpaired) electrons. The molecular weight excluding hydrogens is 250 g/mol. The molecule has 4 nitrogen and oxygen atoms in total. The van der Waals surface area contributed by atoms with Gasteiger partial charge in [-0.1, -0.05) is 13.8 Å². The predicted molar refractivity (Wildman–Crippen MR) is 82.8 cm³/mol. The average Bonchev–Trinajstić information content (AvgIpc) is 3.02. The molecule has 20 heavy (non-hydrogen) atoms. The van der Waals surface area contributed by atoms with Crippen LogP contribution in [0.2, 0.25) is 0 Å². The number of nitrogens with zero attached hydrogens (tertiary/aromatic N) is 2. The van der Waals surface area contributed by atoms with Gasteiger partial charge in [0.2, 0.25) is 0 Å². The van der Waals surface area contributed by atoms with Crippen LogP contribution in [-0.2, 0) is 0 Å². The van der Waals surface area contributed by atoms with Crippen molar-refractivity contribution in [2.75, 3.05) is 18.8 Å². The molecule has 1 aliphatic heterocycles. The molecule has 1 aromatic rings. The van der Waals surface area contributed by atoms with Gasteiger partial charge in [-0.05, 0) is 44.6 Å². The smallest absolute Gasteiger partial charge is 0.270 e. The Balaban J connectivity index is 2.21. The van der Waals surface area contributed by atoms with Gasteiger partial charge in [0, 0.05) is 25.3 Å². The van der Waals surface area contributed by atoms with Crippen molar-refractivity contribution in [2.24, 2.45) is 5.41 Å². The highest BCUT2D eigenvalue weighted by Crippen LogP contribution is 2.37. The summed E-state index contributed by atoms with van der Waals surface area (Å²) in [4.78, 5) is 14.8. The molecular formula is C16H27N3O. The van der Waals surface area contributed by atoms with Crippen LogP contribution in [-0.4, -0.2) is 28.5 Å². The number of amides is 1. The van der Waals surface area contributed by atoms with Gasteiger partial charge in [0.1, 0.15) is 5.69 Å². The Hall–Kier alpha value is -1.45. The molecule has 112 valence electrons. The topological polar surface area (TPSA) is 51.3 Å². The number of aromatic nitrogens is 1. The van der Waals surface area contributed by atoms with Crippen LogP contribution >= 0.6 is 0 Å². The molecule has 4 heteroatoms. The van der Waals surface area contributed by atoms with Gasteiger partial charge in [-0.15, -0.1) is 0 Å². The van der Waals surface area contributed by atoms with E-state index in [1.165, 1.54) is 0 Å². The zero-order chi connectivity index (χ0) is 14.9. The van der Waals surface area contributed by atoms with Crippen LogP contribution < -0.4 is 5.73 Å². The monoisotopic (exact) mass is 277 g/mol. The summed E-state index contributed by atoms with van der Waals surface area (Å²) in [5.41, 5.74) is 7.57. The second-order valence-electron chi connectivity index (χ2n) is 6.34. The summed E-state index contributed by atoms with van der Waals surface area (Å²) in [6, 6.07) is 2.05. The fourth-order valence-electron chi connectivity index (χ4n) is 3.20. The zero-order valence-electron chi connectivity index (χ0n) is 13.1. The molecule has 1 fully saturated rings. The van der Waals surface area contributed by atoms with E-state index in [4.69, 9.17) is 5.73 Å². The second kappa shape index (κ2) is 5.51. The maximum absolute atomic E-state index is 12.8. The maximum atomic E-state index is 12.8. The fraction of sp³-hybridized carbons (Fsp3) is 0.688. The standard InChI is InChI=1S/C16H27N3O/c1-5-16(6-2)7-8-18(11-16)15(20)14-9-13(17)10-19(14)12(3)4/h9-10,12H,5-8,11,17H2,1-4H3. The van der Waals surface area contributed by atoms with E-state index in [0.29, 0.717) is 11.1 Å². The fourth-order valence-corrected chi connectivity index (χ4v) is 3.20. The van der Waals surface area contributed by atoms with Gasteiger partial charge in [0.15, 0.2) is 0 Å². The van der Waals surface area contributed by atoms with E-state index in [1.807, 2.05) is 15.7 Å². The molecule has 1 aromatic heterocycles. The lowest BCUT2D eigenvalue weighted by Gasteiger charge is -2.26. The van der Waals surface area contributed by atoms with Crippen LogP contribution in [0.15, 0.2) is 12.3 Å². The summed E-state index contributed by atoms with van der Waals surface area (Å²) in [6.45, 7) is 10.3. The quantitative estimate of drug-likeness (QED) is 0.918. The van der Waals surface area contributed by atoms with Crippen LogP contribution in [0.5, 0.6) is 0 Å². The van der Waals surface area contributed by atoms with Gasteiger partial charge < -0.3 is 15.2 Å². The van der Waals surface area contributed by atoms with E-state index in [0.717, 1.165) is 38.0 Å². The number of carbonyl (C=O) groups excluding carboxylic acids is 1. The van der Waals surface area contributed by atoms with Gasteiger partial charge in [-0.25, -0.2) is 0 Å². The first-order valence-electron chi connectivity index (χ1n) is 7.69. The Labute approximate surface area is 121 Å². The van der Waals surface area contributed by atoms with Crippen LogP contribution in [0.25, 0.3) is 0 Å². The van der Waals surface area contributed by atoms with Crippen molar-refractivity contribution in [1.82, 2.24) is 9.47 Å². The van der Waals surface area contributed by atoms with E-state index in [-0.39, 0.29) is 11.9 Å². The van der Waals surface area contributed by atoms with Gasteiger partial charge in [-0.3, -0.25) is 4.79 Å². The average molecular weight is 277 g/mol. The van der Waals surface area contributed by atoms with Crippen molar-refractivity contribution < 1.29 is 4.79 Å². The Morgan fingerprint density at radius 3 is 2.55 bits per heavy atom. The predicted octanol–water partition coefficient (Wildman–Crippen LogP) is 3.30. The minimum absolute atomic E-state index is 0.124. The van der Waals surface area contributed by atoms with Crippen molar-refractivity contribution in [1.29, 1.82) is 0 Å². The van der Waals surface area contributed by atoms with E-state index in [1.54, 1.807) is 6.07 Å². The highest BCUT2D eigenvalue weighted by Gasteiger charge is 2.37. The second-order valence-corrected chi connectivity index (χ2v) is 6.34. The molecule has 2 heterocycles. The molecule has 2 N–H and O–H groups in total. The molecule has 1 amide bonds. The minimum atomic E-state index is 0.124. The molecule has 0 aliphatic carbocycles. The Bertz CT molecular complexity index is 486. The number of carbonyl (C=O) groups is 1. The van der Waals surface area contributed by atoms with Crippen molar-refractivity contribution in [2.45, 2.75) is 53.0 Å². The molecule has 0 spiro atoms. The van der Waals surface area contributed by atoms with Gasteiger partial charge in [0.05, 0.1) is 5.69 Å². The summed E-state index contributed by atoms with van der Waals surface area (Å²) in [5.74, 6) is 0.124. The van der Waals surface area contributed by atoms with Crippen molar-refractivity contribution in [3.63, 3.8) is 0 Å². The number of rotatable bonds is 4. The Kier molecular flexibility index (Phi) is 4.11. The van der Waals surface area contributed by atoms with E-state index < -0.39 is 0 Å². The first-order chi connectivity index (χ1) is 9.42. The van der Waals surface area contributed by atoms with Crippen molar-refractivity contribution >= 4 is 11.6 Å². The molecule has 0 aromatic carbocycles. The van der Waals surface area contributed by atoms with Gasteiger partial charge in [-0.2, -0.15) is 0 Å². The van der Waals surface area contributed by atoms with Crippen LogP contribution in [0, 0.1) is 5.41 Å². The van der Waals surface area contributed by atoms with Crippen LogP contribution in [0.1, 0.15) is 63.5 Å². The number of likely N-dealkylation sites (tertiary alicyclic amines) is 1. The summed E-state index contributed by atoms with van der Waals surface area (Å²) < 4.78 is 1.98. The molecule has 0 saturated carbocycles. The first kappa shape index (κ1) is 14.9. The third kappa shape index (κ3) is 2.56. The van der Waals surface area contributed by atoms with Crippen LogP contribution in [0.4, 0.5) is 5.69 Å². The number of nitrogen functional groups attached to an aromatic ring is 1. The van der Waals surface area contributed by atoms with E-state index in [9.17, 15) is 4.79 Å². The van der Waals surface area contributed by atoms with Gasteiger partial charge in [0.25, 0.3) is 5.91 Å². The molecule has 2 rings (SSSR count). The highest BCUT2D eigenvalue weighted by molar-refractivity contribution is 5.94. The third-order valence-corrected chi connectivity index (χ3v) is 4.87. The lowest BCUT2D eigenvalue weighted by molar-refractivity contribution is 0.0757. The molecule has 0 bridgehead atoms. The van der Waals surface area contributed by atoms with E-state index in [2.05, 4.69) is 27.7 Å². The highest BCUT2D eigenvalue weighted by atomic mass is 16.2. The zero-order valence-corrected chi connectivity index (χ0v) is 13.1. The molecule has 1 aliphatic rings. The largest absolute Gasteiger partial charge is 0.397 e. The van der Waals surface area contributed by atoms with Crippen molar-refractivity contribution in [3.05, 3.63) is 18.0 Å². The first-order valence-corrected chi connectivity index (χ1v) is 7.69. The number of hydrogen-bond acceptors (Lipinski definition) is 2. The number of hydrogen-bond donors (Lipinski definition) is 1. The molecule has 0 atom stereocenters. The lowest BCUT2D eigenvalue weighted by Crippen LogP contribution is -2.33. The number of anilines is 1. The minimum Gasteiger partial charge on any atom is -0.397 e. The third-order valence-electron chi connectivity index (χ3n) is 4.87. The molecule has 0 unspecified atom stereocenters. The van der Waals surface area contributed by atoms with Crippen molar-refractivity contribution in [3.8, 4) is 0 Å². The summed E-state index contributed by atoms with van der Waals surface area (Å²) in [7, 11) is 0. The SMILES string of the molecule is CCC1(CC)CCN(C(=O)c2cc(N)cn2C(C)C)C1. The maximum Gasteiger partial charge on any atom is 0.270 e.